The van der Waals surface area contributed by atoms with E-state index in [0.717, 1.165) is 0 Å². The van der Waals surface area contributed by atoms with Crippen molar-refractivity contribution in [3.8, 4) is 11.8 Å². The molecule has 0 atom stereocenters. The van der Waals surface area contributed by atoms with Gasteiger partial charge in [0.15, 0.2) is 9.84 Å². The standard InChI is InChI=1S/C17H16N2O4S/c1-23-14-6-8-15(9-7-14)24(21,22)11-10-17(20)19-16-5-3-2-4-13(16)12-18/h2-9H,10-11H2,1H3,(H,19,20). The van der Waals surface area contributed by atoms with E-state index in [4.69, 9.17) is 10.00 Å². The second kappa shape index (κ2) is 7.62. The van der Waals surface area contributed by atoms with Crippen LogP contribution >= 0.6 is 0 Å². The fraction of sp³-hybridized carbons (Fsp3) is 0.176. The molecule has 0 aromatic heterocycles. The monoisotopic (exact) mass is 344 g/mol. The van der Waals surface area contributed by atoms with Gasteiger partial charge in [-0.3, -0.25) is 4.79 Å². The smallest absolute Gasteiger partial charge is 0.225 e. The minimum Gasteiger partial charge on any atom is -0.497 e. The molecule has 0 bridgehead atoms. The van der Waals surface area contributed by atoms with Crippen molar-refractivity contribution < 1.29 is 17.9 Å². The van der Waals surface area contributed by atoms with Crippen molar-refractivity contribution in [3.63, 3.8) is 0 Å². The Kier molecular flexibility index (Phi) is 5.55. The van der Waals surface area contributed by atoms with E-state index in [1.807, 2.05) is 6.07 Å². The SMILES string of the molecule is COc1ccc(S(=O)(=O)CCC(=O)Nc2ccccc2C#N)cc1. The summed E-state index contributed by atoms with van der Waals surface area (Å²) >= 11 is 0. The Hall–Kier alpha value is -2.85. The molecule has 2 aromatic carbocycles. The maximum atomic E-state index is 12.2. The zero-order chi connectivity index (χ0) is 17.6. The third kappa shape index (κ3) is 4.33. The van der Waals surface area contributed by atoms with E-state index < -0.39 is 15.7 Å². The van der Waals surface area contributed by atoms with E-state index in [1.54, 1.807) is 36.4 Å². The number of nitriles is 1. The Morgan fingerprint density at radius 2 is 1.83 bits per heavy atom. The summed E-state index contributed by atoms with van der Waals surface area (Å²) in [5, 5.41) is 11.5. The number of rotatable bonds is 6. The van der Waals surface area contributed by atoms with Gasteiger partial charge >= 0.3 is 0 Å². The van der Waals surface area contributed by atoms with E-state index >= 15 is 0 Å². The highest BCUT2D eigenvalue weighted by Crippen LogP contribution is 2.18. The third-order valence-electron chi connectivity index (χ3n) is 3.34. The summed E-state index contributed by atoms with van der Waals surface area (Å²) in [5.41, 5.74) is 0.690. The molecule has 6 nitrogen and oxygen atoms in total. The normalized spacial score (nSPS) is 10.7. The number of nitrogens with zero attached hydrogens (tertiary/aromatic N) is 1. The van der Waals surface area contributed by atoms with Gasteiger partial charge in [0.2, 0.25) is 5.91 Å². The predicted octanol–water partition coefficient (Wildman–Crippen LogP) is 2.37. The molecule has 2 aromatic rings. The Labute approximate surface area is 140 Å². The maximum Gasteiger partial charge on any atom is 0.225 e. The van der Waals surface area contributed by atoms with E-state index in [2.05, 4.69) is 5.32 Å². The lowest BCUT2D eigenvalue weighted by Crippen LogP contribution is -2.18. The van der Waals surface area contributed by atoms with Gasteiger partial charge in [0.05, 0.1) is 29.0 Å². The highest BCUT2D eigenvalue weighted by molar-refractivity contribution is 7.91. The lowest BCUT2D eigenvalue weighted by molar-refractivity contribution is -0.115. The van der Waals surface area contributed by atoms with Crippen LogP contribution in [0.4, 0.5) is 5.69 Å². The summed E-state index contributed by atoms with van der Waals surface area (Å²) in [7, 11) is -2.08. The number of hydrogen-bond donors (Lipinski definition) is 1. The molecule has 0 unspecified atom stereocenters. The molecule has 0 heterocycles. The summed E-state index contributed by atoms with van der Waals surface area (Å²) in [6.07, 6.45) is -0.200. The minimum absolute atomic E-state index is 0.133. The molecule has 0 aliphatic rings. The highest BCUT2D eigenvalue weighted by atomic mass is 32.2. The van der Waals surface area contributed by atoms with Gasteiger partial charge in [0, 0.05) is 6.42 Å². The molecule has 2 rings (SSSR count). The topological polar surface area (TPSA) is 96.3 Å². The summed E-state index contributed by atoms with van der Waals surface area (Å²) < 4.78 is 29.5. The van der Waals surface area contributed by atoms with Crippen molar-refractivity contribution in [1.82, 2.24) is 0 Å². The van der Waals surface area contributed by atoms with Crippen molar-refractivity contribution in [2.24, 2.45) is 0 Å². The molecule has 0 spiro atoms. The molecule has 24 heavy (non-hydrogen) atoms. The molecule has 7 heteroatoms. The van der Waals surface area contributed by atoms with E-state index in [1.165, 1.54) is 19.2 Å². The number of methoxy groups -OCH3 is 1. The fourth-order valence-corrected chi connectivity index (χ4v) is 3.27. The van der Waals surface area contributed by atoms with Gasteiger partial charge in [-0.05, 0) is 36.4 Å². The Balaban J connectivity index is 2.01. The predicted molar refractivity (Wildman–Crippen MR) is 89.5 cm³/mol. The summed E-state index contributed by atoms with van der Waals surface area (Å²) in [5.74, 6) is -0.227. The minimum atomic E-state index is -3.57. The average molecular weight is 344 g/mol. The number of nitrogens with one attached hydrogen (secondary N) is 1. The molecular weight excluding hydrogens is 328 g/mol. The van der Waals surface area contributed by atoms with E-state index in [9.17, 15) is 13.2 Å². The number of amides is 1. The quantitative estimate of drug-likeness (QED) is 0.868. The number of para-hydroxylation sites is 1. The Bertz CT molecular complexity index is 868. The highest BCUT2D eigenvalue weighted by Gasteiger charge is 2.17. The summed E-state index contributed by atoms with van der Waals surface area (Å²) in [6.45, 7) is 0. The number of benzene rings is 2. The van der Waals surface area contributed by atoms with Gasteiger partial charge in [0.25, 0.3) is 0 Å². The molecule has 124 valence electrons. The van der Waals surface area contributed by atoms with Crippen LogP contribution in [0.3, 0.4) is 0 Å². The second-order valence-electron chi connectivity index (χ2n) is 4.95. The van der Waals surface area contributed by atoms with Crippen LogP contribution in [-0.4, -0.2) is 27.2 Å². The lowest BCUT2D eigenvalue weighted by Gasteiger charge is -2.08. The second-order valence-corrected chi connectivity index (χ2v) is 7.06. The molecule has 0 aliphatic heterocycles. The molecule has 0 saturated carbocycles. The van der Waals surface area contributed by atoms with Gasteiger partial charge in [-0.2, -0.15) is 5.26 Å². The van der Waals surface area contributed by atoms with Gasteiger partial charge in [-0.15, -0.1) is 0 Å². The van der Waals surface area contributed by atoms with Crippen LogP contribution in [0.5, 0.6) is 5.75 Å². The molecule has 0 radical (unpaired) electrons. The average Bonchev–Trinajstić information content (AvgIpc) is 2.60. The lowest BCUT2D eigenvalue weighted by atomic mass is 10.2. The van der Waals surface area contributed by atoms with Crippen molar-refractivity contribution >= 4 is 21.4 Å². The first kappa shape index (κ1) is 17.5. The zero-order valence-corrected chi connectivity index (χ0v) is 13.8. The van der Waals surface area contributed by atoms with E-state index in [-0.39, 0.29) is 17.1 Å². The fourth-order valence-electron chi connectivity index (χ4n) is 2.03. The first-order valence-corrected chi connectivity index (χ1v) is 8.77. The Morgan fingerprint density at radius 1 is 1.17 bits per heavy atom. The molecule has 1 amide bonds. The number of hydrogen-bond acceptors (Lipinski definition) is 5. The van der Waals surface area contributed by atoms with Gasteiger partial charge in [-0.25, -0.2) is 8.42 Å². The number of anilines is 1. The summed E-state index contributed by atoms with van der Waals surface area (Å²) in [6, 6.07) is 14.5. The van der Waals surface area contributed by atoms with Crippen LogP contribution in [0.1, 0.15) is 12.0 Å². The number of ether oxygens (including phenoxy) is 1. The molecule has 0 aliphatic carbocycles. The first-order valence-electron chi connectivity index (χ1n) is 7.12. The number of carbonyl (C=O) groups excluding carboxylic acids is 1. The molecule has 0 fully saturated rings. The van der Waals surface area contributed by atoms with Crippen molar-refractivity contribution in [2.45, 2.75) is 11.3 Å². The van der Waals surface area contributed by atoms with E-state index in [0.29, 0.717) is 17.0 Å². The Morgan fingerprint density at radius 3 is 2.46 bits per heavy atom. The third-order valence-corrected chi connectivity index (χ3v) is 5.07. The zero-order valence-electron chi connectivity index (χ0n) is 13.0. The van der Waals surface area contributed by atoms with Gasteiger partial charge in [-0.1, -0.05) is 12.1 Å². The van der Waals surface area contributed by atoms with Crippen LogP contribution in [0.15, 0.2) is 53.4 Å². The van der Waals surface area contributed by atoms with Crippen molar-refractivity contribution in [3.05, 3.63) is 54.1 Å². The molecule has 0 saturated heterocycles. The van der Waals surface area contributed by atoms with Crippen molar-refractivity contribution in [2.75, 3.05) is 18.2 Å². The van der Waals surface area contributed by atoms with Crippen LogP contribution < -0.4 is 10.1 Å². The number of carbonyl (C=O) groups is 1. The molecule has 1 N–H and O–H groups in total. The first-order chi connectivity index (χ1) is 11.5. The summed E-state index contributed by atoms with van der Waals surface area (Å²) in [4.78, 5) is 12.1. The number of sulfone groups is 1. The van der Waals surface area contributed by atoms with Crippen LogP contribution in [0.2, 0.25) is 0 Å². The molecular formula is C17H16N2O4S. The van der Waals surface area contributed by atoms with Gasteiger partial charge < -0.3 is 10.1 Å². The maximum absolute atomic E-state index is 12.2. The van der Waals surface area contributed by atoms with Crippen LogP contribution in [-0.2, 0) is 14.6 Å². The largest absolute Gasteiger partial charge is 0.497 e. The van der Waals surface area contributed by atoms with Crippen molar-refractivity contribution in [1.29, 1.82) is 5.26 Å². The van der Waals surface area contributed by atoms with Gasteiger partial charge in [0.1, 0.15) is 11.8 Å². The van der Waals surface area contributed by atoms with Crippen LogP contribution in [0.25, 0.3) is 0 Å². The van der Waals surface area contributed by atoms with Crippen LogP contribution in [0, 0.1) is 11.3 Å².